The predicted molar refractivity (Wildman–Crippen MR) is 87.9 cm³/mol. The van der Waals surface area contributed by atoms with E-state index in [0.717, 1.165) is 22.4 Å². The van der Waals surface area contributed by atoms with Crippen LogP contribution in [-0.4, -0.2) is 9.97 Å². The Morgan fingerprint density at radius 1 is 0.762 bits per heavy atom. The van der Waals surface area contributed by atoms with E-state index in [-0.39, 0.29) is 0 Å². The highest BCUT2D eigenvalue weighted by Gasteiger charge is 2.10. The van der Waals surface area contributed by atoms with Crippen molar-refractivity contribution in [1.29, 1.82) is 0 Å². The van der Waals surface area contributed by atoms with Gasteiger partial charge in [-0.1, -0.05) is 53.0 Å². The van der Waals surface area contributed by atoms with Crippen LogP contribution in [0.4, 0.5) is 0 Å². The summed E-state index contributed by atoms with van der Waals surface area (Å²) in [5, 5.41) is 1.70. The van der Waals surface area contributed by atoms with Crippen molar-refractivity contribution >= 4 is 34.8 Å². The maximum atomic E-state index is 6.09. The number of hydrogen-bond donors (Lipinski definition) is 0. The van der Waals surface area contributed by atoms with Gasteiger partial charge in [0.2, 0.25) is 0 Å². The average molecular weight is 336 g/mol. The lowest BCUT2D eigenvalue weighted by Gasteiger charge is -2.09. The van der Waals surface area contributed by atoms with E-state index in [2.05, 4.69) is 9.97 Å². The maximum Gasteiger partial charge on any atom is 0.116 e. The summed E-state index contributed by atoms with van der Waals surface area (Å²) < 4.78 is 0. The van der Waals surface area contributed by atoms with Crippen molar-refractivity contribution in [2.45, 2.75) is 0 Å². The standard InChI is InChI=1S/C16H9Cl3N2/c17-12-4-1-10(2-5-12)13-8-20-9-21-16(13)11-3-6-14(18)15(19)7-11/h1-9H. The molecule has 0 bridgehead atoms. The van der Waals surface area contributed by atoms with Gasteiger partial charge in [-0.05, 0) is 29.8 Å². The molecule has 0 saturated carbocycles. The highest BCUT2D eigenvalue weighted by Crippen LogP contribution is 2.33. The van der Waals surface area contributed by atoms with Gasteiger partial charge in [-0.3, -0.25) is 0 Å². The third-order valence-corrected chi connectivity index (χ3v) is 4.05. The molecule has 0 radical (unpaired) electrons. The highest BCUT2D eigenvalue weighted by molar-refractivity contribution is 6.42. The van der Waals surface area contributed by atoms with Crippen LogP contribution in [0.2, 0.25) is 15.1 Å². The van der Waals surface area contributed by atoms with Crippen molar-refractivity contribution in [3.63, 3.8) is 0 Å². The molecule has 2 aromatic carbocycles. The summed E-state index contributed by atoms with van der Waals surface area (Å²) >= 11 is 18.0. The lowest BCUT2D eigenvalue weighted by Crippen LogP contribution is -1.91. The molecule has 0 unspecified atom stereocenters. The second-order valence-corrected chi connectivity index (χ2v) is 5.67. The highest BCUT2D eigenvalue weighted by atomic mass is 35.5. The minimum atomic E-state index is 0.495. The van der Waals surface area contributed by atoms with Crippen molar-refractivity contribution in [1.82, 2.24) is 9.97 Å². The fraction of sp³-hybridized carbons (Fsp3) is 0. The largest absolute Gasteiger partial charge is 0.244 e. The van der Waals surface area contributed by atoms with Gasteiger partial charge in [0.1, 0.15) is 6.33 Å². The molecule has 3 aromatic rings. The lowest BCUT2D eigenvalue weighted by atomic mass is 10.0. The van der Waals surface area contributed by atoms with Gasteiger partial charge in [0, 0.05) is 22.3 Å². The first-order valence-corrected chi connectivity index (χ1v) is 7.30. The number of benzene rings is 2. The molecule has 104 valence electrons. The van der Waals surface area contributed by atoms with Crippen molar-refractivity contribution in [3.05, 3.63) is 70.1 Å². The van der Waals surface area contributed by atoms with Crippen LogP contribution in [-0.2, 0) is 0 Å². The van der Waals surface area contributed by atoms with E-state index in [9.17, 15) is 0 Å². The second kappa shape index (κ2) is 6.02. The van der Waals surface area contributed by atoms with E-state index in [1.807, 2.05) is 30.3 Å². The van der Waals surface area contributed by atoms with Crippen molar-refractivity contribution < 1.29 is 0 Å². The Morgan fingerprint density at radius 3 is 2.19 bits per heavy atom. The van der Waals surface area contributed by atoms with Crippen LogP contribution in [0.1, 0.15) is 0 Å². The van der Waals surface area contributed by atoms with E-state index in [1.54, 1.807) is 18.3 Å². The molecule has 0 atom stereocenters. The van der Waals surface area contributed by atoms with Gasteiger partial charge in [0.05, 0.1) is 15.7 Å². The van der Waals surface area contributed by atoms with Gasteiger partial charge in [0.15, 0.2) is 0 Å². The first kappa shape index (κ1) is 14.3. The van der Waals surface area contributed by atoms with E-state index in [4.69, 9.17) is 34.8 Å². The van der Waals surface area contributed by atoms with Crippen LogP contribution in [0.25, 0.3) is 22.4 Å². The van der Waals surface area contributed by atoms with Gasteiger partial charge in [0.25, 0.3) is 0 Å². The molecule has 21 heavy (non-hydrogen) atoms. The third-order valence-electron chi connectivity index (χ3n) is 3.06. The van der Waals surface area contributed by atoms with Crippen LogP contribution in [0, 0.1) is 0 Å². The molecular formula is C16H9Cl3N2. The quantitative estimate of drug-likeness (QED) is 0.594. The van der Waals surface area contributed by atoms with Gasteiger partial charge in [-0.15, -0.1) is 0 Å². The number of rotatable bonds is 2. The van der Waals surface area contributed by atoms with Crippen molar-refractivity contribution in [2.24, 2.45) is 0 Å². The smallest absolute Gasteiger partial charge is 0.116 e. The van der Waals surface area contributed by atoms with Crippen LogP contribution in [0.15, 0.2) is 55.0 Å². The van der Waals surface area contributed by atoms with Crippen molar-refractivity contribution in [2.75, 3.05) is 0 Å². The molecule has 1 aromatic heterocycles. The zero-order chi connectivity index (χ0) is 14.8. The Hall–Kier alpha value is -1.61. The Labute approximate surface area is 137 Å². The minimum absolute atomic E-state index is 0.495. The Balaban J connectivity index is 2.15. The lowest BCUT2D eigenvalue weighted by molar-refractivity contribution is 1.17. The fourth-order valence-corrected chi connectivity index (χ4v) is 2.47. The van der Waals surface area contributed by atoms with Crippen LogP contribution < -0.4 is 0 Å². The fourth-order valence-electron chi connectivity index (χ4n) is 2.04. The first-order chi connectivity index (χ1) is 10.1. The molecular weight excluding hydrogens is 327 g/mol. The Bertz CT molecular complexity index is 786. The van der Waals surface area contributed by atoms with Crippen molar-refractivity contribution in [3.8, 4) is 22.4 Å². The van der Waals surface area contributed by atoms with Gasteiger partial charge < -0.3 is 0 Å². The predicted octanol–water partition coefficient (Wildman–Crippen LogP) is 5.77. The molecule has 0 saturated heterocycles. The molecule has 0 aliphatic rings. The summed E-state index contributed by atoms with van der Waals surface area (Å²) in [5.41, 5.74) is 3.58. The summed E-state index contributed by atoms with van der Waals surface area (Å²) in [5.74, 6) is 0. The molecule has 0 N–H and O–H groups in total. The zero-order valence-corrected chi connectivity index (χ0v) is 13.0. The SMILES string of the molecule is Clc1ccc(-c2cncnc2-c2ccc(Cl)c(Cl)c2)cc1. The topological polar surface area (TPSA) is 25.8 Å². The van der Waals surface area contributed by atoms with Gasteiger partial charge >= 0.3 is 0 Å². The summed E-state index contributed by atoms with van der Waals surface area (Å²) in [6.45, 7) is 0. The normalized spacial score (nSPS) is 10.6. The minimum Gasteiger partial charge on any atom is -0.244 e. The van der Waals surface area contributed by atoms with Gasteiger partial charge in [-0.2, -0.15) is 0 Å². The molecule has 3 rings (SSSR count). The zero-order valence-electron chi connectivity index (χ0n) is 10.7. The number of aromatic nitrogens is 2. The monoisotopic (exact) mass is 334 g/mol. The maximum absolute atomic E-state index is 6.09. The molecule has 0 aliphatic heterocycles. The average Bonchev–Trinajstić information content (AvgIpc) is 2.51. The summed E-state index contributed by atoms with van der Waals surface area (Å²) in [6, 6.07) is 13.0. The van der Waals surface area contributed by atoms with Gasteiger partial charge in [-0.25, -0.2) is 9.97 Å². The van der Waals surface area contributed by atoms with Crippen LogP contribution in [0.3, 0.4) is 0 Å². The van der Waals surface area contributed by atoms with E-state index in [1.165, 1.54) is 6.33 Å². The summed E-state index contributed by atoms with van der Waals surface area (Å²) in [7, 11) is 0. The Morgan fingerprint density at radius 2 is 1.48 bits per heavy atom. The van der Waals surface area contributed by atoms with E-state index < -0.39 is 0 Å². The van der Waals surface area contributed by atoms with Crippen LogP contribution in [0.5, 0.6) is 0 Å². The van der Waals surface area contributed by atoms with Crippen LogP contribution >= 0.6 is 34.8 Å². The Kier molecular flexibility index (Phi) is 4.11. The summed E-state index contributed by atoms with van der Waals surface area (Å²) in [6.07, 6.45) is 3.28. The number of nitrogens with zero attached hydrogens (tertiary/aromatic N) is 2. The molecule has 0 amide bonds. The molecule has 1 heterocycles. The number of halogens is 3. The number of hydrogen-bond acceptors (Lipinski definition) is 2. The molecule has 5 heteroatoms. The third kappa shape index (κ3) is 3.03. The molecule has 0 spiro atoms. The van der Waals surface area contributed by atoms with E-state index in [0.29, 0.717) is 15.1 Å². The molecule has 0 aliphatic carbocycles. The summed E-state index contributed by atoms with van der Waals surface area (Å²) in [4.78, 5) is 8.48. The van der Waals surface area contributed by atoms with E-state index >= 15 is 0 Å². The first-order valence-electron chi connectivity index (χ1n) is 6.16. The molecule has 2 nitrogen and oxygen atoms in total. The molecule has 0 fully saturated rings. The second-order valence-electron chi connectivity index (χ2n) is 4.42.